The molecule has 3 unspecified atom stereocenters. The third kappa shape index (κ3) is 11.2. The van der Waals surface area contributed by atoms with Crippen molar-refractivity contribution in [2.75, 3.05) is 19.8 Å². The lowest BCUT2D eigenvalue weighted by Crippen LogP contribution is -2.64. The van der Waals surface area contributed by atoms with Crippen LogP contribution in [0, 0.1) is 5.92 Å². The van der Waals surface area contributed by atoms with E-state index in [4.69, 9.17) is 9.47 Å². The van der Waals surface area contributed by atoms with Crippen LogP contribution in [0.5, 0.6) is 0 Å². The third-order valence-electron chi connectivity index (χ3n) is 5.36. The summed E-state index contributed by atoms with van der Waals surface area (Å²) in [5.74, 6) is 0.371. The second kappa shape index (κ2) is 15.5. The highest BCUT2D eigenvalue weighted by molar-refractivity contribution is 5.75. The van der Waals surface area contributed by atoms with Gasteiger partial charge in [-0.1, -0.05) is 39.5 Å². The van der Waals surface area contributed by atoms with E-state index in [1.807, 2.05) is 0 Å². The molecule has 0 bridgehead atoms. The summed E-state index contributed by atoms with van der Waals surface area (Å²) in [6, 6.07) is -0.945. The molecule has 31 heavy (non-hydrogen) atoms. The van der Waals surface area contributed by atoms with Gasteiger partial charge in [0.25, 0.3) is 0 Å². The molecule has 1 aliphatic heterocycles. The summed E-state index contributed by atoms with van der Waals surface area (Å²) in [6.07, 6.45) is 2.81. The maximum atomic E-state index is 11.9. The Labute approximate surface area is 185 Å². The number of carbonyl (C=O) groups excluding carboxylic acids is 2. The van der Waals surface area contributed by atoms with E-state index in [-0.39, 0.29) is 12.5 Å². The Balaban J connectivity index is 2.20. The minimum atomic E-state index is -1.33. The van der Waals surface area contributed by atoms with Gasteiger partial charge in [0.1, 0.15) is 24.4 Å². The molecule has 1 heterocycles. The van der Waals surface area contributed by atoms with Crippen LogP contribution in [0.1, 0.15) is 72.1 Å². The van der Waals surface area contributed by atoms with Gasteiger partial charge in [0.15, 0.2) is 6.29 Å². The number of hydrogen-bond donors (Lipinski definition) is 5. The first-order valence-electron chi connectivity index (χ1n) is 11.5. The maximum Gasteiger partial charge on any atom is 0.219 e. The number of aliphatic hydroxyl groups excluding tert-OH is 3. The van der Waals surface area contributed by atoms with Crippen molar-refractivity contribution >= 4 is 11.8 Å². The van der Waals surface area contributed by atoms with Crippen molar-refractivity contribution in [3.8, 4) is 0 Å². The largest absolute Gasteiger partial charge is 0.394 e. The Morgan fingerprint density at radius 3 is 2.39 bits per heavy atom. The van der Waals surface area contributed by atoms with Crippen LogP contribution in [-0.2, 0) is 19.1 Å². The quantitative estimate of drug-likeness (QED) is 0.235. The van der Waals surface area contributed by atoms with Crippen molar-refractivity contribution in [1.29, 1.82) is 0 Å². The van der Waals surface area contributed by atoms with Crippen LogP contribution in [0.2, 0.25) is 0 Å². The Bertz CT molecular complexity index is 518. The zero-order valence-corrected chi connectivity index (χ0v) is 19.2. The Kier molecular flexibility index (Phi) is 13.9. The standard InChI is InChI=1S/C22H42N2O7/c1-15(2)10-6-4-5-8-12-23-18(27)11-7-9-13-30-22-19(24-16(3)26)21(29)20(28)17(14-25)31-22/h15,17,19-22,25,28-29H,4-14H2,1-3H3,(H,23,27)(H,24,26)/t17?,19?,20-,21?,22+/m0/s1. The number of hydrogen-bond acceptors (Lipinski definition) is 7. The molecule has 182 valence electrons. The average molecular weight is 447 g/mol. The smallest absolute Gasteiger partial charge is 0.219 e. The zero-order chi connectivity index (χ0) is 23.2. The summed E-state index contributed by atoms with van der Waals surface area (Å²) in [4.78, 5) is 23.3. The minimum absolute atomic E-state index is 0.0195. The minimum Gasteiger partial charge on any atom is -0.394 e. The summed E-state index contributed by atoms with van der Waals surface area (Å²) in [5.41, 5.74) is 0. The number of carbonyl (C=O) groups is 2. The van der Waals surface area contributed by atoms with E-state index in [0.717, 1.165) is 18.8 Å². The van der Waals surface area contributed by atoms with Crippen LogP contribution < -0.4 is 10.6 Å². The van der Waals surface area contributed by atoms with Crippen LogP contribution >= 0.6 is 0 Å². The molecule has 5 atom stereocenters. The van der Waals surface area contributed by atoms with E-state index in [0.29, 0.717) is 25.8 Å². The molecule has 0 radical (unpaired) electrons. The molecule has 1 saturated heterocycles. The lowest BCUT2D eigenvalue weighted by molar-refractivity contribution is -0.270. The van der Waals surface area contributed by atoms with E-state index in [1.54, 1.807) is 0 Å². The van der Waals surface area contributed by atoms with Gasteiger partial charge in [-0.05, 0) is 25.2 Å². The van der Waals surface area contributed by atoms with Crippen LogP contribution in [0.4, 0.5) is 0 Å². The van der Waals surface area contributed by atoms with Gasteiger partial charge in [-0.15, -0.1) is 0 Å². The van der Waals surface area contributed by atoms with Crippen molar-refractivity contribution in [3.05, 3.63) is 0 Å². The Morgan fingerprint density at radius 2 is 1.74 bits per heavy atom. The molecule has 1 aliphatic rings. The lowest BCUT2D eigenvalue weighted by Gasteiger charge is -2.42. The molecule has 0 aromatic carbocycles. The van der Waals surface area contributed by atoms with Crippen molar-refractivity contribution in [2.45, 2.75) is 103 Å². The van der Waals surface area contributed by atoms with Crippen LogP contribution in [0.25, 0.3) is 0 Å². The fourth-order valence-electron chi connectivity index (χ4n) is 3.55. The highest BCUT2D eigenvalue weighted by Crippen LogP contribution is 2.22. The lowest BCUT2D eigenvalue weighted by atomic mass is 9.97. The molecule has 2 amide bonds. The third-order valence-corrected chi connectivity index (χ3v) is 5.36. The van der Waals surface area contributed by atoms with E-state index in [2.05, 4.69) is 24.5 Å². The van der Waals surface area contributed by atoms with Gasteiger partial charge in [0, 0.05) is 26.5 Å². The number of nitrogens with one attached hydrogen (secondary N) is 2. The average Bonchev–Trinajstić information content (AvgIpc) is 2.71. The molecule has 0 saturated carbocycles. The molecular weight excluding hydrogens is 404 g/mol. The zero-order valence-electron chi connectivity index (χ0n) is 19.2. The van der Waals surface area contributed by atoms with Crippen molar-refractivity contribution in [2.24, 2.45) is 5.92 Å². The molecule has 9 nitrogen and oxygen atoms in total. The molecule has 1 rings (SSSR count). The van der Waals surface area contributed by atoms with E-state index in [9.17, 15) is 24.9 Å². The van der Waals surface area contributed by atoms with Crippen molar-refractivity contribution in [1.82, 2.24) is 10.6 Å². The predicted octanol–water partition coefficient (Wildman–Crippen LogP) is 0.840. The molecule has 0 spiro atoms. The first-order valence-corrected chi connectivity index (χ1v) is 11.5. The summed E-state index contributed by atoms with van der Waals surface area (Å²) in [7, 11) is 0. The maximum absolute atomic E-state index is 11.9. The summed E-state index contributed by atoms with van der Waals surface area (Å²) < 4.78 is 11.1. The number of rotatable bonds is 15. The van der Waals surface area contributed by atoms with Crippen LogP contribution in [-0.4, -0.2) is 77.5 Å². The van der Waals surface area contributed by atoms with Crippen molar-refractivity contribution < 1.29 is 34.4 Å². The number of ether oxygens (including phenoxy) is 2. The first-order chi connectivity index (χ1) is 14.8. The van der Waals surface area contributed by atoms with Gasteiger partial charge in [-0.2, -0.15) is 0 Å². The van der Waals surface area contributed by atoms with Gasteiger partial charge in [0.2, 0.25) is 11.8 Å². The number of amides is 2. The highest BCUT2D eigenvalue weighted by atomic mass is 16.7. The first kappa shape index (κ1) is 27.8. The van der Waals surface area contributed by atoms with Crippen LogP contribution in [0.3, 0.4) is 0 Å². The molecule has 1 fully saturated rings. The fraction of sp³-hybridized carbons (Fsp3) is 0.909. The number of aliphatic hydroxyl groups is 3. The summed E-state index contributed by atoms with van der Waals surface area (Å²) in [6.45, 7) is 6.23. The molecule has 0 aromatic heterocycles. The molecule has 0 aromatic rings. The summed E-state index contributed by atoms with van der Waals surface area (Å²) >= 11 is 0. The van der Waals surface area contributed by atoms with E-state index >= 15 is 0 Å². The number of unbranched alkanes of at least 4 members (excludes halogenated alkanes) is 4. The van der Waals surface area contributed by atoms with E-state index < -0.39 is 43.2 Å². The van der Waals surface area contributed by atoms with Gasteiger partial charge < -0.3 is 35.4 Å². The SMILES string of the molecule is CC(=O)NC1C(O)[C@@H](O)C(CO)O[C@H]1OCCCCC(=O)NCCCCCCC(C)C. The predicted molar refractivity (Wildman–Crippen MR) is 116 cm³/mol. The second-order valence-electron chi connectivity index (χ2n) is 8.71. The Hall–Kier alpha value is -1.26. The molecule has 9 heteroatoms. The van der Waals surface area contributed by atoms with Crippen LogP contribution in [0.15, 0.2) is 0 Å². The Morgan fingerprint density at radius 1 is 1.03 bits per heavy atom. The fourth-order valence-corrected chi connectivity index (χ4v) is 3.55. The van der Waals surface area contributed by atoms with Gasteiger partial charge in [-0.3, -0.25) is 9.59 Å². The highest BCUT2D eigenvalue weighted by Gasteiger charge is 2.45. The van der Waals surface area contributed by atoms with E-state index in [1.165, 1.54) is 26.2 Å². The topological polar surface area (TPSA) is 137 Å². The van der Waals surface area contributed by atoms with Gasteiger partial charge in [0.05, 0.1) is 6.61 Å². The van der Waals surface area contributed by atoms with Gasteiger partial charge >= 0.3 is 0 Å². The molecule has 0 aliphatic carbocycles. The molecular formula is C22H42N2O7. The van der Waals surface area contributed by atoms with Gasteiger partial charge in [-0.25, -0.2) is 0 Å². The normalized spacial score (nSPS) is 26.1. The summed E-state index contributed by atoms with van der Waals surface area (Å²) in [5, 5.41) is 35.0. The molecule has 5 N–H and O–H groups in total. The second-order valence-corrected chi connectivity index (χ2v) is 8.71. The van der Waals surface area contributed by atoms with Crippen molar-refractivity contribution in [3.63, 3.8) is 0 Å². The monoisotopic (exact) mass is 446 g/mol.